The molecule has 2 atom stereocenters. The molecule has 2 aromatic rings. The zero-order valence-electron chi connectivity index (χ0n) is 12.6. The molecule has 3 rings (SSSR count). The van der Waals surface area contributed by atoms with Crippen LogP contribution in [0.1, 0.15) is 37.0 Å². The van der Waals surface area contributed by atoms with Crippen molar-refractivity contribution in [2.45, 2.75) is 32.8 Å². The second-order valence-electron chi connectivity index (χ2n) is 5.64. The number of benzene rings is 2. The second kappa shape index (κ2) is 6.13. The minimum atomic E-state index is 0.137. The largest absolute Gasteiger partial charge is 0.472 e. The average molecular weight is 279 g/mol. The van der Waals surface area contributed by atoms with Crippen molar-refractivity contribution in [2.24, 2.45) is 10.9 Å². The molecule has 0 spiro atoms. The van der Waals surface area contributed by atoms with E-state index in [1.54, 1.807) is 0 Å². The van der Waals surface area contributed by atoms with Gasteiger partial charge in [-0.1, -0.05) is 55.0 Å². The number of aryl methyl sites for hydroxylation is 1. The van der Waals surface area contributed by atoms with Crippen molar-refractivity contribution in [1.82, 2.24) is 0 Å². The van der Waals surface area contributed by atoms with E-state index >= 15 is 0 Å². The van der Waals surface area contributed by atoms with Gasteiger partial charge < -0.3 is 4.74 Å². The molecule has 2 heteroatoms. The maximum atomic E-state index is 6.14. The van der Waals surface area contributed by atoms with Gasteiger partial charge in [-0.15, -0.1) is 0 Å². The highest BCUT2D eigenvalue weighted by atomic mass is 16.5. The fraction of sp³-hybridized carbons (Fsp3) is 0.316. The first-order valence-electron chi connectivity index (χ1n) is 7.63. The van der Waals surface area contributed by atoms with E-state index in [1.807, 2.05) is 30.3 Å². The van der Waals surface area contributed by atoms with Crippen molar-refractivity contribution < 1.29 is 4.74 Å². The van der Waals surface area contributed by atoms with Crippen LogP contribution in [0.3, 0.4) is 0 Å². The summed E-state index contributed by atoms with van der Waals surface area (Å²) >= 11 is 0. The molecule has 0 aromatic heterocycles. The highest BCUT2D eigenvalue weighted by molar-refractivity contribution is 5.83. The molecule has 2 aromatic carbocycles. The molecular weight excluding hydrogens is 258 g/mol. The highest BCUT2D eigenvalue weighted by Crippen LogP contribution is 2.36. The number of aliphatic imine (C=N–C) groups is 1. The molecule has 108 valence electrons. The number of hydrogen-bond donors (Lipinski definition) is 0. The first kappa shape index (κ1) is 13.9. The Balaban J connectivity index is 1.83. The number of ether oxygens (including phenoxy) is 1. The van der Waals surface area contributed by atoms with E-state index in [1.165, 1.54) is 11.1 Å². The zero-order valence-corrected chi connectivity index (χ0v) is 12.6. The van der Waals surface area contributed by atoms with Crippen LogP contribution >= 0.6 is 0 Å². The lowest BCUT2D eigenvalue weighted by molar-refractivity contribution is 0.223. The van der Waals surface area contributed by atoms with E-state index in [4.69, 9.17) is 9.73 Å². The number of nitrogens with zero attached hydrogens (tertiary/aromatic N) is 1. The first-order chi connectivity index (χ1) is 10.3. The summed E-state index contributed by atoms with van der Waals surface area (Å²) in [6.45, 7) is 4.31. The molecule has 1 aliphatic rings. The molecule has 0 radical (unpaired) electrons. The standard InChI is InChI=1S/C19H21NO/c1-3-15-13-18(16-11-9-14(2)10-12-16)21-19(15)20-17-7-5-4-6-8-17/h4-12,15,18H,3,13H2,1-2H3. The van der Waals surface area contributed by atoms with Gasteiger partial charge in [0.2, 0.25) is 0 Å². The van der Waals surface area contributed by atoms with Crippen LogP contribution in [0.25, 0.3) is 0 Å². The third-order valence-electron chi connectivity index (χ3n) is 4.05. The molecule has 1 aliphatic heterocycles. The Hall–Kier alpha value is -2.09. The molecule has 0 aliphatic carbocycles. The van der Waals surface area contributed by atoms with E-state index in [9.17, 15) is 0 Å². The second-order valence-corrected chi connectivity index (χ2v) is 5.64. The lowest BCUT2D eigenvalue weighted by Crippen LogP contribution is -2.06. The summed E-state index contributed by atoms with van der Waals surface area (Å²) in [5.74, 6) is 1.30. The average Bonchev–Trinajstić information content (AvgIpc) is 2.92. The third-order valence-corrected chi connectivity index (χ3v) is 4.05. The van der Waals surface area contributed by atoms with Gasteiger partial charge in [-0.2, -0.15) is 0 Å². The number of rotatable bonds is 3. The van der Waals surface area contributed by atoms with Gasteiger partial charge in [-0.25, -0.2) is 4.99 Å². The summed E-state index contributed by atoms with van der Waals surface area (Å²) in [6, 6.07) is 18.7. The van der Waals surface area contributed by atoms with Crippen LogP contribution in [0.15, 0.2) is 59.6 Å². The van der Waals surface area contributed by atoms with E-state index in [2.05, 4.69) is 38.1 Å². The predicted octanol–water partition coefficient (Wildman–Crippen LogP) is 5.21. The van der Waals surface area contributed by atoms with E-state index < -0.39 is 0 Å². The lowest BCUT2D eigenvalue weighted by atomic mass is 9.97. The van der Waals surface area contributed by atoms with Gasteiger partial charge >= 0.3 is 0 Å². The van der Waals surface area contributed by atoms with Crippen molar-refractivity contribution in [3.05, 3.63) is 65.7 Å². The molecule has 1 heterocycles. The maximum Gasteiger partial charge on any atom is 0.192 e. The monoisotopic (exact) mass is 279 g/mol. The third kappa shape index (κ3) is 3.15. The van der Waals surface area contributed by atoms with Gasteiger partial charge in [0.1, 0.15) is 6.10 Å². The van der Waals surface area contributed by atoms with Crippen LogP contribution in [-0.4, -0.2) is 5.90 Å². The van der Waals surface area contributed by atoms with Gasteiger partial charge in [0.15, 0.2) is 5.90 Å². The molecule has 0 bridgehead atoms. The van der Waals surface area contributed by atoms with Crippen molar-refractivity contribution >= 4 is 11.6 Å². The van der Waals surface area contributed by atoms with Gasteiger partial charge in [-0.05, 0) is 31.0 Å². The molecule has 0 N–H and O–H groups in total. The Bertz CT molecular complexity index is 616. The summed E-state index contributed by atoms with van der Waals surface area (Å²) < 4.78 is 6.14. The summed E-state index contributed by atoms with van der Waals surface area (Å²) in [4.78, 5) is 4.70. The molecule has 2 unspecified atom stereocenters. The lowest BCUT2D eigenvalue weighted by Gasteiger charge is -2.10. The molecule has 1 saturated heterocycles. The Morgan fingerprint density at radius 2 is 1.76 bits per heavy atom. The minimum Gasteiger partial charge on any atom is -0.472 e. The Morgan fingerprint density at radius 3 is 2.43 bits per heavy atom. The Labute approximate surface area is 126 Å². The van der Waals surface area contributed by atoms with Crippen LogP contribution in [0.2, 0.25) is 0 Å². The van der Waals surface area contributed by atoms with E-state index in [-0.39, 0.29) is 6.10 Å². The molecule has 0 saturated carbocycles. The Kier molecular flexibility index (Phi) is 4.05. The number of para-hydroxylation sites is 1. The fourth-order valence-electron chi connectivity index (χ4n) is 2.72. The van der Waals surface area contributed by atoms with E-state index in [0.29, 0.717) is 5.92 Å². The SMILES string of the molecule is CCC1CC(c2ccc(C)cc2)OC1=Nc1ccccc1. The maximum absolute atomic E-state index is 6.14. The van der Waals surface area contributed by atoms with Crippen LogP contribution < -0.4 is 0 Å². The van der Waals surface area contributed by atoms with Crippen LogP contribution in [0.5, 0.6) is 0 Å². The predicted molar refractivity (Wildman–Crippen MR) is 86.9 cm³/mol. The van der Waals surface area contributed by atoms with E-state index in [0.717, 1.165) is 24.4 Å². The topological polar surface area (TPSA) is 21.6 Å². The quantitative estimate of drug-likeness (QED) is 0.755. The van der Waals surface area contributed by atoms with Gasteiger partial charge in [0, 0.05) is 12.3 Å². The van der Waals surface area contributed by atoms with Crippen LogP contribution in [0, 0.1) is 12.8 Å². The number of hydrogen-bond acceptors (Lipinski definition) is 2. The molecule has 0 amide bonds. The van der Waals surface area contributed by atoms with Gasteiger partial charge in [0.25, 0.3) is 0 Å². The van der Waals surface area contributed by atoms with Crippen molar-refractivity contribution in [3.63, 3.8) is 0 Å². The molecule has 21 heavy (non-hydrogen) atoms. The minimum absolute atomic E-state index is 0.137. The zero-order chi connectivity index (χ0) is 14.7. The highest BCUT2D eigenvalue weighted by Gasteiger charge is 2.32. The molecular formula is C19H21NO. The summed E-state index contributed by atoms with van der Waals surface area (Å²) in [5, 5.41) is 0. The van der Waals surface area contributed by atoms with Crippen LogP contribution in [0.4, 0.5) is 5.69 Å². The van der Waals surface area contributed by atoms with Gasteiger partial charge in [0.05, 0.1) is 5.69 Å². The van der Waals surface area contributed by atoms with Crippen molar-refractivity contribution in [3.8, 4) is 0 Å². The summed E-state index contributed by atoms with van der Waals surface area (Å²) in [5.41, 5.74) is 3.50. The van der Waals surface area contributed by atoms with Crippen LogP contribution in [-0.2, 0) is 4.74 Å². The molecule has 2 nitrogen and oxygen atoms in total. The van der Waals surface area contributed by atoms with Gasteiger partial charge in [-0.3, -0.25) is 0 Å². The normalized spacial score (nSPS) is 23.2. The summed E-state index contributed by atoms with van der Waals surface area (Å²) in [6.07, 6.45) is 2.22. The summed E-state index contributed by atoms with van der Waals surface area (Å²) in [7, 11) is 0. The van der Waals surface area contributed by atoms with Crippen molar-refractivity contribution in [1.29, 1.82) is 0 Å². The molecule has 1 fully saturated rings. The first-order valence-corrected chi connectivity index (χ1v) is 7.63. The fourth-order valence-corrected chi connectivity index (χ4v) is 2.72. The smallest absolute Gasteiger partial charge is 0.192 e. The Morgan fingerprint density at radius 1 is 1.05 bits per heavy atom. The van der Waals surface area contributed by atoms with Crippen molar-refractivity contribution in [2.75, 3.05) is 0 Å².